The molecule has 0 amide bonds. The van der Waals surface area contributed by atoms with Crippen LogP contribution in [0, 0.1) is 5.82 Å². The number of halogens is 1. The average molecular weight is 278 g/mol. The molecule has 2 aromatic rings. The number of hydrogen-bond donors (Lipinski definition) is 1. The van der Waals surface area contributed by atoms with E-state index in [-0.39, 0.29) is 11.9 Å². The summed E-state index contributed by atoms with van der Waals surface area (Å²) in [5.41, 5.74) is 7.24. The van der Waals surface area contributed by atoms with E-state index in [1.54, 1.807) is 11.3 Å². The summed E-state index contributed by atoms with van der Waals surface area (Å²) in [6, 6.07) is 9.21. The van der Waals surface area contributed by atoms with Crippen molar-refractivity contribution in [3.05, 3.63) is 52.0 Å². The zero-order valence-electron chi connectivity index (χ0n) is 11.3. The first kappa shape index (κ1) is 14.0. The quantitative estimate of drug-likeness (QED) is 0.897. The Morgan fingerprint density at radius 1 is 1.37 bits per heavy atom. The van der Waals surface area contributed by atoms with Gasteiger partial charge in [-0.3, -0.25) is 0 Å². The second kappa shape index (κ2) is 6.17. The number of benzene rings is 1. The number of rotatable bonds is 5. The lowest BCUT2D eigenvalue weighted by molar-refractivity contribution is 0.613. The van der Waals surface area contributed by atoms with Crippen LogP contribution in [0.15, 0.2) is 35.7 Å². The van der Waals surface area contributed by atoms with Crippen molar-refractivity contribution < 1.29 is 4.39 Å². The van der Waals surface area contributed by atoms with Crippen molar-refractivity contribution in [3.8, 4) is 0 Å². The van der Waals surface area contributed by atoms with Crippen molar-refractivity contribution in [1.82, 2.24) is 0 Å². The zero-order chi connectivity index (χ0) is 13.8. The van der Waals surface area contributed by atoms with E-state index in [4.69, 9.17) is 5.73 Å². The van der Waals surface area contributed by atoms with Crippen LogP contribution in [0.5, 0.6) is 0 Å². The van der Waals surface area contributed by atoms with Gasteiger partial charge in [-0.1, -0.05) is 12.1 Å². The second-order valence-electron chi connectivity index (χ2n) is 4.59. The number of thiophene rings is 1. The average Bonchev–Trinajstić information content (AvgIpc) is 2.89. The maximum absolute atomic E-state index is 14.2. The lowest BCUT2D eigenvalue weighted by atomic mass is 10.1. The minimum absolute atomic E-state index is 0.143. The van der Waals surface area contributed by atoms with E-state index in [1.165, 1.54) is 10.9 Å². The Labute approximate surface area is 117 Å². The lowest BCUT2D eigenvalue weighted by Gasteiger charge is -2.23. The van der Waals surface area contributed by atoms with Crippen LogP contribution >= 0.6 is 11.3 Å². The molecule has 0 aliphatic heterocycles. The van der Waals surface area contributed by atoms with Gasteiger partial charge in [-0.05, 0) is 43.0 Å². The van der Waals surface area contributed by atoms with Gasteiger partial charge >= 0.3 is 0 Å². The van der Waals surface area contributed by atoms with Crippen molar-refractivity contribution in [2.45, 2.75) is 26.4 Å². The fraction of sp³-hybridized carbons (Fsp3) is 0.333. The normalized spacial score (nSPS) is 12.4. The number of nitrogens with two attached hydrogens (primary N) is 1. The third kappa shape index (κ3) is 3.33. The van der Waals surface area contributed by atoms with Gasteiger partial charge < -0.3 is 10.6 Å². The van der Waals surface area contributed by atoms with E-state index >= 15 is 0 Å². The Bertz CT molecular complexity index is 523. The molecule has 1 atom stereocenters. The van der Waals surface area contributed by atoms with Crippen LogP contribution in [0.1, 0.15) is 30.3 Å². The summed E-state index contributed by atoms with van der Waals surface area (Å²) >= 11 is 1.69. The molecule has 0 radical (unpaired) electrons. The number of hydrogen-bond acceptors (Lipinski definition) is 3. The molecule has 1 aromatic carbocycles. The Kier molecular flexibility index (Phi) is 4.56. The molecule has 1 heterocycles. The van der Waals surface area contributed by atoms with E-state index < -0.39 is 0 Å². The van der Waals surface area contributed by atoms with Gasteiger partial charge in [0.1, 0.15) is 5.82 Å². The fourth-order valence-electron chi connectivity index (χ4n) is 2.02. The van der Waals surface area contributed by atoms with Gasteiger partial charge in [0, 0.05) is 17.5 Å². The third-order valence-corrected chi connectivity index (χ3v) is 4.01. The molecule has 19 heavy (non-hydrogen) atoms. The van der Waals surface area contributed by atoms with Crippen LogP contribution in [0.4, 0.5) is 10.1 Å². The molecule has 2 nitrogen and oxygen atoms in total. The Hall–Kier alpha value is -1.39. The van der Waals surface area contributed by atoms with Crippen LogP contribution in [0.25, 0.3) is 0 Å². The summed E-state index contributed by atoms with van der Waals surface area (Å²) in [5, 5.41) is 2.04. The Morgan fingerprint density at radius 2 is 2.16 bits per heavy atom. The summed E-state index contributed by atoms with van der Waals surface area (Å²) in [6.07, 6.45) is 0. The summed E-state index contributed by atoms with van der Waals surface area (Å²) in [4.78, 5) is 3.27. The molecule has 0 bridgehead atoms. The van der Waals surface area contributed by atoms with Crippen molar-refractivity contribution in [3.63, 3.8) is 0 Å². The molecule has 1 unspecified atom stereocenters. The molecule has 4 heteroatoms. The van der Waals surface area contributed by atoms with E-state index in [0.717, 1.165) is 18.7 Å². The fourth-order valence-corrected chi connectivity index (χ4v) is 2.74. The number of nitrogens with zero attached hydrogens (tertiary/aromatic N) is 1. The van der Waals surface area contributed by atoms with Gasteiger partial charge in [0.25, 0.3) is 0 Å². The third-order valence-electron chi connectivity index (χ3n) is 3.15. The molecule has 102 valence electrons. The maximum Gasteiger partial charge on any atom is 0.146 e. The molecule has 2 rings (SSSR count). The van der Waals surface area contributed by atoms with Crippen LogP contribution in [0.2, 0.25) is 0 Å². The van der Waals surface area contributed by atoms with Crippen molar-refractivity contribution >= 4 is 17.0 Å². The molecule has 1 aromatic heterocycles. The first-order valence-electron chi connectivity index (χ1n) is 6.44. The van der Waals surface area contributed by atoms with E-state index in [0.29, 0.717) is 5.69 Å². The highest BCUT2D eigenvalue weighted by Crippen LogP contribution is 2.25. The van der Waals surface area contributed by atoms with Crippen LogP contribution in [-0.4, -0.2) is 6.54 Å². The second-order valence-corrected chi connectivity index (χ2v) is 5.63. The van der Waals surface area contributed by atoms with Crippen LogP contribution < -0.4 is 10.6 Å². The van der Waals surface area contributed by atoms with Crippen molar-refractivity contribution in [1.29, 1.82) is 0 Å². The molecular formula is C15H19FN2S. The predicted octanol–water partition coefficient (Wildman–Crippen LogP) is 3.93. The summed E-state index contributed by atoms with van der Waals surface area (Å²) in [6.45, 7) is 5.40. The highest BCUT2D eigenvalue weighted by Gasteiger charge is 2.12. The van der Waals surface area contributed by atoms with Gasteiger partial charge in [0.05, 0.1) is 12.2 Å². The molecular weight excluding hydrogens is 259 g/mol. The van der Waals surface area contributed by atoms with Crippen LogP contribution in [0.3, 0.4) is 0 Å². The molecule has 0 spiro atoms. The SMILES string of the molecule is CCN(Cc1cccs1)c1ccc(C(C)N)cc1F. The number of anilines is 1. The molecule has 2 N–H and O–H groups in total. The van der Waals surface area contributed by atoms with Gasteiger partial charge in [0.2, 0.25) is 0 Å². The Balaban J connectivity index is 2.23. The first-order chi connectivity index (χ1) is 9.11. The molecule has 0 saturated heterocycles. The predicted molar refractivity (Wildman–Crippen MR) is 80.0 cm³/mol. The highest BCUT2D eigenvalue weighted by atomic mass is 32.1. The highest BCUT2D eigenvalue weighted by molar-refractivity contribution is 7.09. The first-order valence-corrected chi connectivity index (χ1v) is 7.32. The molecule has 0 aliphatic rings. The summed E-state index contributed by atoms with van der Waals surface area (Å²) < 4.78 is 14.2. The summed E-state index contributed by atoms with van der Waals surface area (Å²) in [5.74, 6) is -0.201. The minimum atomic E-state index is -0.201. The zero-order valence-corrected chi connectivity index (χ0v) is 12.1. The van der Waals surface area contributed by atoms with E-state index in [2.05, 4.69) is 6.07 Å². The standard InChI is InChI=1S/C15H19FN2S/c1-3-18(10-13-5-4-8-19-13)15-7-6-12(11(2)17)9-14(15)16/h4-9,11H,3,10,17H2,1-2H3. The maximum atomic E-state index is 14.2. The molecule has 0 fully saturated rings. The van der Waals surface area contributed by atoms with Crippen molar-refractivity contribution in [2.24, 2.45) is 5.73 Å². The van der Waals surface area contributed by atoms with Gasteiger partial charge in [0.15, 0.2) is 0 Å². The lowest BCUT2D eigenvalue weighted by Crippen LogP contribution is -2.22. The van der Waals surface area contributed by atoms with Gasteiger partial charge in [-0.2, -0.15) is 0 Å². The van der Waals surface area contributed by atoms with E-state index in [9.17, 15) is 4.39 Å². The van der Waals surface area contributed by atoms with E-state index in [1.807, 2.05) is 42.3 Å². The molecule has 0 saturated carbocycles. The van der Waals surface area contributed by atoms with Gasteiger partial charge in [-0.15, -0.1) is 11.3 Å². The van der Waals surface area contributed by atoms with Crippen molar-refractivity contribution in [2.75, 3.05) is 11.4 Å². The van der Waals surface area contributed by atoms with Gasteiger partial charge in [-0.25, -0.2) is 4.39 Å². The summed E-state index contributed by atoms with van der Waals surface area (Å²) in [7, 11) is 0. The van der Waals surface area contributed by atoms with Crippen LogP contribution in [-0.2, 0) is 6.54 Å². The Morgan fingerprint density at radius 3 is 2.68 bits per heavy atom. The monoisotopic (exact) mass is 278 g/mol. The largest absolute Gasteiger partial charge is 0.364 e. The smallest absolute Gasteiger partial charge is 0.146 e. The molecule has 0 aliphatic carbocycles. The topological polar surface area (TPSA) is 29.3 Å². The minimum Gasteiger partial charge on any atom is -0.364 e.